The number of nitrogens with one attached hydrogen (secondary N) is 2. The van der Waals surface area contributed by atoms with Gasteiger partial charge >= 0.3 is 0 Å². The summed E-state index contributed by atoms with van der Waals surface area (Å²) in [6.45, 7) is 9.79. The van der Waals surface area contributed by atoms with Crippen molar-refractivity contribution in [1.29, 1.82) is 0 Å². The van der Waals surface area contributed by atoms with E-state index in [-0.39, 0.29) is 5.54 Å². The minimum absolute atomic E-state index is 0.156. The number of aliphatic hydroxyl groups is 1. The first kappa shape index (κ1) is 14.3. The van der Waals surface area contributed by atoms with Crippen LogP contribution in [-0.2, 0) is 4.74 Å². The topological polar surface area (TPSA) is 53.5 Å². The van der Waals surface area contributed by atoms with Crippen molar-refractivity contribution in [3.05, 3.63) is 0 Å². The summed E-state index contributed by atoms with van der Waals surface area (Å²) in [5.74, 6) is 0.434. The lowest BCUT2D eigenvalue weighted by Gasteiger charge is -2.48. The van der Waals surface area contributed by atoms with Gasteiger partial charge in [0.2, 0.25) is 0 Å². The van der Waals surface area contributed by atoms with Crippen molar-refractivity contribution in [2.75, 3.05) is 26.3 Å². The van der Waals surface area contributed by atoms with Gasteiger partial charge in [-0.05, 0) is 45.6 Å². The first-order valence-corrected chi connectivity index (χ1v) is 7.26. The van der Waals surface area contributed by atoms with Gasteiger partial charge in [-0.3, -0.25) is 0 Å². The maximum absolute atomic E-state index is 10.5. The minimum Gasteiger partial charge on any atom is -0.388 e. The molecule has 1 saturated heterocycles. The molecule has 0 amide bonds. The molecule has 0 spiro atoms. The third-order valence-electron chi connectivity index (χ3n) is 4.44. The van der Waals surface area contributed by atoms with Crippen molar-refractivity contribution in [1.82, 2.24) is 10.6 Å². The average Bonchev–Trinajstić information content (AvgIpc) is 2.29. The van der Waals surface area contributed by atoms with Crippen molar-refractivity contribution in [2.45, 2.75) is 57.2 Å². The van der Waals surface area contributed by atoms with Crippen LogP contribution in [0.15, 0.2) is 0 Å². The van der Waals surface area contributed by atoms with Gasteiger partial charge in [0.15, 0.2) is 0 Å². The van der Waals surface area contributed by atoms with E-state index < -0.39 is 5.60 Å². The summed E-state index contributed by atoms with van der Waals surface area (Å²) in [4.78, 5) is 0. The van der Waals surface area contributed by atoms with Crippen LogP contribution in [-0.4, -0.2) is 48.6 Å². The van der Waals surface area contributed by atoms with E-state index in [2.05, 4.69) is 31.4 Å². The Labute approximate surface area is 110 Å². The molecule has 0 bridgehead atoms. The second-order valence-corrected chi connectivity index (χ2v) is 6.45. The number of hydrogen-bond acceptors (Lipinski definition) is 4. The first-order valence-electron chi connectivity index (χ1n) is 7.26. The number of rotatable bonds is 7. The Balaban J connectivity index is 1.75. The van der Waals surface area contributed by atoms with Crippen molar-refractivity contribution in [2.24, 2.45) is 5.92 Å². The molecular weight excluding hydrogens is 228 g/mol. The van der Waals surface area contributed by atoms with Crippen LogP contribution in [0.5, 0.6) is 0 Å². The molecule has 4 nitrogen and oxygen atoms in total. The summed E-state index contributed by atoms with van der Waals surface area (Å²) in [6, 6.07) is 0.442. The molecule has 1 aliphatic carbocycles. The number of hydrogen-bond donors (Lipinski definition) is 3. The second-order valence-electron chi connectivity index (χ2n) is 6.45. The minimum atomic E-state index is -0.469. The van der Waals surface area contributed by atoms with Crippen molar-refractivity contribution in [3.8, 4) is 0 Å². The van der Waals surface area contributed by atoms with Crippen LogP contribution in [0.2, 0.25) is 0 Å². The molecule has 0 aromatic rings. The van der Waals surface area contributed by atoms with Crippen molar-refractivity contribution in [3.63, 3.8) is 0 Å². The zero-order chi connectivity index (χ0) is 13.2. The average molecular weight is 256 g/mol. The summed E-state index contributed by atoms with van der Waals surface area (Å²) >= 11 is 0. The van der Waals surface area contributed by atoms with Gasteiger partial charge in [-0.2, -0.15) is 0 Å². The molecule has 0 aromatic carbocycles. The van der Waals surface area contributed by atoms with Gasteiger partial charge in [-0.25, -0.2) is 0 Å². The van der Waals surface area contributed by atoms with Crippen LogP contribution in [0.4, 0.5) is 0 Å². The smallest absolute Gasteiger partial charge is 0.0800 e. The van der Waals surface area contributed by atoms with E-state index in [9.17, 15) is 5.11 Å². The molecule has 3 N–H and O–H groups in total. The molecule has 1 saturated carbocycles. The van der Waals surface area contributed by atoms with Crippen LogP contribution >= 0.6 is 0 Å². The molecule has 0 radical (unpaired) electrons. The van der Waals surface area contributed by atoms with Gasteiger partial charge < -0.3 is 20.5 Å². The standard InChI is InChI=1S/C14H28N2O2/c1-4-15-8-14(17)6-5-12(14)7-11(2)16-13(3)9-18-10-13/h11-12,15-17H,4-10H2,1-3H3. The maximum atomic E-state index is 10.5. The Morgan fingerprint density at radius 2 is 2.17 bits per heavy atom. The summed E-state index contributed by atoms with van der Waals surface area (Å²) in [6.07, 6.45) is 3.15. The summed E-state index contributed by atoms with van der Waals surface area (Å²) in [7, 11) is 0. The van der Waals surface area contributed by atoms with Gasteiger partial charge in [0.05, 0.1) is 24.4 Å². The lowest BCUT2D eigenvalue weighted by atomic mass is 9.66. The number of ether oxygens (including phenoxy) is 1. The lowest BCUT2D eigenvalue weighted by molar-refractivity contribution is -0.104. The zero-order valence-corrected chi connectivity index (χ0v) is 12.0. The van der Waals surface area contributed by atoms with Crippen LogP contribution in [0.3, 0.4) is 0 Å². The Morgan fingerprint density at radius 3 is 2.61 bits per heavy atom. The predicted octanol–water partition coefficient (Wildman–Crippen LogP) is 0.894. The van der Waals surface area contributed by atoms with Gasteiger partial charge in [-0.1, -0.05) is 6.92 Å². The fraction of sp³-hybridized carbons (Fsp3) is 1.00. The Morgan fingerprint density at radius 1 is 1.44 bits per heavy atom. The van der Waals surface area contributed by atoms with Crippen LogP contribution in [0, 0.1) is 5.92 Å². The molecule has 18 heavy (non-hydrogen) atoms. The van der Waals surface area contributed by atoms with Gasteiger partial charge in [0.1, 0.15) is 0 Å². The molecule has 3 unspecified atom stereocenters. The summed E-state index contributed by atoms with van der Waals surface area (Å²) < 4.78 is 5.26. The fourth-order valence-corrected chi connectivity index (χ4v) is 3.17. The van der Waals surface area contributed by atoms with Crippen LogP contribution in [0.1, 0.15) is 40.0 Å². The van der Waals surface area contributed by atoms with Crippen molar-refractivity contribution >= 4 is 0 Å². The number of likely N-dealkylation sites (N-methyl/N-ethyl adjacent to an activating group) is 1. The molecule has 0 aromatic heterocycles. The van der Waals surface area contributed by atoms with Gasteiger partial charge in [0, 0.05) is 12.6 Å². The lowest BCUT2D eigenvalue weighted by Crippen LogP contribution is -2.62. The quantitative estimate of drug-likeness (QED) is 0.633. The Bertz CT molecular complexity index is 281. The zero-order valence-electron chi connectivity index (χ0n) is 12.0. The van der Waals surface area contributed by atoms with E-state index in [0.29, 0.717) is 12.0 Å². The Hall–Kier alpha value is -0.160. The molecule has 106 valence electrons. The van der Waals surface area contributed by atoms with E-state index in [1.165, 1.54) is 0 Å². The summed E-state index contributed by atoms with van der Waals surface area (Å²) in [5, 5.41) is 17.4. The van der Waals surface area contributed by atoms with E-state index in [1.54, 1.807) is 0 Å². The van der Waals surface area contributed by atoms with E-state index >= 15 is 0 Å². The Kier molecular flexibility index (Phi) is 4.32. The molecule has 2 rings (SSSR count). The third kappa shape index (κ3) is 3.05. The SMILES string of the molecule is CCNCC1(O)CCC1CC(C)NC1(C)COC1. The molecule has 2 fully saturated rings. The molecule has 3 atom stereocenters. The summed E-state index contributed by atoms with van der Waals surface area (Å²) in [5.41, 5.74) is -0.314. The molecular formula is C14H28N2O2. The highest BCUT2D eigenvalue weighted by Gasteiger charge is 2.45. The van der Waals surface area contributed by atoms with Gasteiger partial charge in [0.25, 0.3) is 0 Å². The highest BCUT2D eigenvalue weighted by Crippen LogP contribution is 2.41. The van der Waals surface area contributed by atoms with Crippen molar-refractivity contribution < 1.29 is 9.84 Å². The third-order valence-corrected chi connectivity index (χ3v) is 4.44. The van der Waals surface area contributed by atoms with Crippen LogP contribution in [0.25, 0.3) is 0 Å². The molecule has 1 heterocycles. The monoisotopic (exact) mass is 256 g/mol. The van der Waals surface area contributed by atoms with Crippen LogP contribution < -0.4 is 10.6 Å². The van der Waals surface area contributed by atoms with Gasteiger partial charge in [-0.15, -0.1) is 0 Å². The normalized spacial score (nSPS) is 35.7. The largest absolute Gasteiger partial charge is 0.388 e. The molecule has 1 aliphatic heterocycles. The van der Waals surface area contributed by atoms with E-state index in [4.69, 9.17) is 4.74 Å². The molecule has 4 heteroatoms. The highest BCUT2D eigenvalue weighted by molar-refractivity contribution is 5.00. The highest BCUT2D eigenvalue weighted by atomic mass is 16.5. The second kappa shape index (κ2) is 5.45. The first-order chi connectivity index (χ1) is 8.47. The maximum Gasteiger partial charge on any atom is 0.0800 e. The fourth-order valence-electron chi connectivity index (χ4n) is 3.17. The van der Waals surface area contributed by atoms with E-state index in [1.807, 2.05) is 0 Å². The van der Waals surface area contributed by atoms with E-state index in [0.717, 1.165) is 45.6 Å². The predicted molar refractivity (Wildman–Crippen MR) is 72.7 cm³/mol. The molecule has 2 aliphatic rings.